The summed E-state index contributed by atoms with van der Waals surface area (Å²) in [7, 11) is 0. The zero-order valence-electron chi connectivity index (χ0n) is 13.4. The summed E-state index contributed by atoms with van der Waals surface area (Å²) in [4.78, 5) is 14.9. The Balaban J connectivity index is 1.60. The van der Waals surface area contributed by atoms with Crippen LogP contribution in [0.3, 0.4) is 0 Å². The van der Waals surface area contributed by atoms with Crippen molar-refractivity contribution in [1.29, 1.82) is 0 Å². The summed E-state index contributed by atoms with van der Waals surface area (Å²) in [6, 6.07) is 0. The van der Waals surface area contributed by atoms with E-state index in [1.807, 2.05) is 0 Å². The van der Waals surface area contributed by atoms with Crippen LogP contribution in [0, 0.1) is 11.8 Å². The van der Waals surface area contributed by atoms with Gasteiger partial charge < -0.3 is 10.0 Å². The number of hydrogen-bond donors (Lipinski definition) is 1. The number of aliphatic hydroxyl groups is 1. The maximum Gasteiger partial charge on any atom is 0.225 e. The first-order chi connectivity index (χ1) is 10.2. The van der Waals surface area contributed by atoms with Gasteiger partial charge in [0, 0.05) is 24.9 Å². The third-order valence-electron chi connectivity index (χ3n) is 6.19. The molecule has 3 aliphatic rings. The average Bonchev–Trinajstić information content (AvgIpc) is 2.45. The monoisotopic (exact) mass is 293 g/mol. The Morgan fingerprint density at radius 3 is 2.33 bits per heavy atom. The molecule has 2 atom stereocenters. The van der Waals surface area contributed by atoms with E-state index in [-0.39, 0.29) is 5.92 Å². The first-order valence-electron chi connectivity index (χ1n) is 9.20. The van der Waals surface area contributed by atoms with Gasteiger partial charge in [0.25, 0.3) is 0 Å². The molecule has 2 aliphatic carbocycles. The van der Waals surface area contributed by atoms with Crippen LogP contribution in [-0.4, -0.2) is 34.6 Å². The molecular formula is C18H31NO2. The van der Waals surface area contributed by atoms with Crippen molar-refractivity contribution in [3.05, 3.63) is 0 Å². The van der Waals surface area contributed by atoms with Gasteiger partial charge in [-0.25, -0.2) is 0 Å². The Hall–Kier alpha value is -0.570. The number of carbonyl (C=O) groups excluding carboxylic acids is 1. The van der Waals surface area contributed by atoms with E-state index in [1.165, 1.54) is 38.5 Å². The smallest absolute Gasteiger partial charge is 0.225 e. The predicted octanol–water partition coefficient (Wildman–Crippen LogP) is 3.50. The molecule has 0 aromatic carbocycles. The highest BCUT2D eigenvalue weighted by Gasteiger charge is 2.44. The standard InChI is InChI=1S/C18H31NO2/c20-17(15-8-4-2-1-3-5-9-15)19-13-12-18(21)11-7-6-10-16(18)14-19/h15-16,21H,1-14H2. The van der Waals surface area contributed by atoms with Crippen molar-refractivity contribution >= 4 is 5.91 Å². The summed E-state index contributed by atoms with van der Waals surface area (Å²) in [5.74, 6) is 0.988. The van der Waals surface area contributed by atoms with E-state index in [1.54, 1.807) is 0 Å². The second-order valence-electron chi connectivity index (χ2n) is 7.62. The van der Waals surface area contributed by atoms with Gasteiger partial charge in [0.1, 0.15) is 0 Å². The van der Waals surface area contributed by atoms with E-state index < -0.39 is 5.60 Å². The average molecular weight is 293 g/mol. The molecule has 0 aromatic rings. The van der Waals surface area contributed by atoms with Crippen molar-refractivity contribution in [1.82, 2.24) is 4.90 Å². The van der Waals surface area contributed by atoms with Gasteiger partial charge in [0.05, 0.1) is 5.60 Å². The fraction of sp³-hybridized carbons (Fsp3) is 0.944. The van der Waals surface area contributed by atoms with Crippen molar-refractivity contribution < 1.29 is 9.90 Å². The fourth-order valence-electron chi connectivity index (χ4n) is 4.73. The molecule has 3 fully saturated rings. The lowest BCUT2D eigenvalue weighted by Crippen LogP contribution is -2.55. The minimum absolute atomic E-state index is 0.264. The second kappa shape index (κ2) is 6.68. The molecule has 1 amide bonds. The molecule has 0 aromatic heterocycles. The van der Waals surface area contributed by atoms with E-state index in [2.05, 4.69) is 4.90 Å². The van der Waals surface area contributed by atoms with Gasteiger partial charge in [-0.2, -0.15) is 0 Å². The fourth-order valence-corrected chi connectivity index (χ4v) is 4.73. The second-order valence-corrected chi connectivity index (χ2v) is 7.62. The van der Waals surface area contributed by atoms with Crippen molar-refractivity contribution in [3.63, 3.8) is 0 Å². The number of nitrogens with zero attached hydrogens (tertiary/aromatic N) is 1. The topological polar surface area (TPSA) is 40.5 Å². The third-order valence-corrected chi connectivity index (χ3v) is 6.19. The zero-order chi connectivity index (χ0) is 14.7. The van der Waals surface area contributed by atoms with Crippen LogP contribution >= 0.6 is 0 Å². The number of piperidine rings is 1. The highest BCUT2D eigenvalue weighted by molar-refractivity contribution is 5.79. The van der Waals surface area contributed by atoms with Gasteiger partial charge in [0.2, 0.25) is 5.91 Å². The third kappa shape index (κ3) is 3.44. The lowest BCUT2D eigenvalue weighted by Gasteiger charge is -2.48. The quantitative estimate of drug-likeness (QED) is 0.804. The molecule has 2 unspecified atom stereocenters. The molecule has 21 heavy (non-hydrogen) atoms. The van der Waals surface area contributed by atoms with Gasteiger partial charge >= 0.3 is 0 Å². The van der Waals surface area contributed by atoms with Crippen LogP contribution in [0.5, 0.6) is 0 Å². The predicted molar refractivity (Wildman–Crippen MR) is 83.9 cm³/mol. The molecule has 120 valence electrons. The summed E-state index contributed by atoms with van der Waals surface area (Å²) >= 11 is 0. The van der Waals surface area contributed by atoms with Crippen LogP contribution in [0.15, 0.2) is 0 Å². The first kappa shape index (κ1) is 15.3. The lowest BCUT2D eigenvalue weighted by atomic mass is 9.71. The molecule has 3 heteroatoms. The van der Waals surface area contributed by atoms with Crippen molar-refractivity contribution in [2.45, 2.75) is 82.7 Å². The Morgan fingerprint density at radius 2 is 1.57 bits per heavy atom. The van der Waals surface area contributed by atoms with E-state index in [4.69, 9.17) is 0 Å². The number of carbonyl (C=O) groups is 1. The Bertz CT molecular complexity index is 362. The van der Waals surface area contributed by atoms with Crippen LogP contribution < -0.4 is 0 Å². The van der Waals surface area contributed by atoms with Crippen LogP contribution in [0.1, 0.15) is 77.0 Å². The van der Waals surface area contributed by atoms with E-state index in [0.717, 1.165) is 51.6 Å². The van der Waals surface area contributed by atoms with Gasteiger partial charge in [-0.1, -0.05) is 44.9 Å². The van der Waals surface area contributed by atoms with Crippen LogP contribution in [-0.2, 0) is 4.79 Å². The molecule has 1 N–H and O–H groups in total. The molecule has 0 spiro atoms. The van der Waals surface area contributed by atoms with Crippen molar-refractivity contribution in [2.24, 2.45) is 11.8 Å². The normalized spacial score (nSPS) is 35.7. The largest absolute Gasteiger partial charge is 0.389 e. The minimum atomic E-state index is -0.462. The summed E-state index contributed by atoms with van der Waals surface area (Å²) in [6.07, 6.45) is 13.8. The molecule has 1 heterocycles. The molecule has 1 saturated heterocycles. The summed E-state index contributed by atoms with van der Waals surface area (Å²) in [5.41, 5.74) is -0.462. The molecule has 3 rings (SSSR count). The zero-order valence-corrected chi connectivity index (χ0v) is 13.4. The molecule has 0 radical (unpaired) electrons. The number of amides is 1. The highest BCUT2D eigenvalue weighted by atomic mass is 16.3. The molecule has 2 saturated carbocycles. The first-order valence-corrected chi connectivity index (χ1v) is 9.20. The SMILES string of the molecule is O=C(C1CCCCCCC1)N1CCC2(O)CCCCC2C1. The van der Waals surface area contributed by atoms with Crippen molar-refractivity contribution in [3.8, 4) is 0 Å². The summed E-state index contributed by atoms with van der Waals surface area (Å²) in [5, 5.41) is 10.7. The summed E-state index contributed by atoms with van der Waals surface area (Å²) in [6.45, 7) is 1.59. The van der Waals surface area contributed by atoms with Gasteiger partial charge in [-0.15, -0.1) is 0 Å². The molecule has 1 aliphatic heterocycles. The Morgan fingerprint density at radius 1 is 0.905 bits per heavy atom. The number of fused-ring (bicyclic) bond motifs is 1. The van der Waals surface area contributed by atoms with E-state index >= 15 is 0 Å². The minimum Gasteiger partial charge on any atom is -0.389 e. The molecule has 0 bridgehead atoms. The van der Waals surface area contributed by atoms with Gasteiger partial charge in [-0.05, 0) is 32.1 Å². The Labute approximate surface area is 129 Å². The Kier molecular flexibility index (Phi) is 4.88. The number of rotatable bonds is 1. The van der Waals surface area contributed by atoms with Crippen LogP contribution in [0.25, 0.3) is 0 Å². The number of likely N-dealkylation sites (tertiary alicyclic amines) is 1. The van der Waals surface area contributed by atoms with Crippen LogP contribution in [0.4, 0.5) is 0 Å². The maximum absolute atomic E-state index is 12.8. The number of hydrogen-bond acceptors (Lipinski definition) is 2. The van der Waals surface area contributed by atoms with E-state index in [0.29, 0.717) is 11.8 Å². The van der Waals surface area contributed by atoms with E-state index in [9.17, 15) is 9.90 Å². The van der Waals surface area contributed by atoms with Gasteiger partial charge in [-0.3, -0.25) is 4.79 Å². The lowest BCUT2D eigenvalue weighted by molar-refractivity contribution is -0.148. The summed E-state index contributed by atoms with van der Waals surface area (Å²) < 4.78 is 0. The molecular weight excluding hydrogens is 262 g/mol. The highest BCUT2D eigenvalue weighted by Crippen LogP contribution is 2.40. The van der Waals surface area contributed by atoms with Crippen LogP contribution in [0.2, 0.25) is 0 Å². The maximum atomic E-state index is 12.8. The molecule has 3 nitrogen and oxygen atoms in total. The van der Waals surface area contributed by atoms with Gasteiger partial charge in [0.15, 0.2) is 0 Å². The van der Waals surface area contributed by atoms with Crippen molar-refractivity contribution in [2.75, 3.05) is 13.1 Å².